The number of unbranched alkanes of at least 4 members (excludes halogenated alkanes) is 1. The third-order valence-corrected chi connectivity index (χ3v) is 3.78. The third-order valence-electron chi connectivity index (χ3n) is 2.69. The highest BCUT2D eigenvalue weighted by Crippen LogP contribution is 2.15. The molecule has 0 aromatic carbocycles. The van der Waals surface area contributed by atoms with Gasteiger partial charge in [0.2, 0.25) is 0 Å². The van der Waals surface area contributed by atoms with Crippen molar-refractivity contribution in [3.05, 3.63) is 0 Å². The van der Waals surface area contributed by atoms with E-state index >= 15 is 0 Å². The Morgan fingerprint density at radius 2 is 2.27 bits per heavy atom. The molecule has 0 aliphatic carbocycles. The van der Waals surface area contributed by atoms with Gasteiger partial charge in [-0.3, -0.25) is 4.99 Å². The SMILES string of the molecule is CCC1CSC(=NCCCCC(C)C)N1. The van der Waals surface area contributed by atoms with E-state index < -0.39 is 0 Å². The van der Waals surface area contributed by atoms with Gasteiger partial charge in [0.05, 0.1) is 0 Å². The lowest BCUT2D eigenvalue weighted by atomic mass is 10.1. The van der Waals surface area contributed by atoms with E-state index in [0.29, 0.717) is 6.04 Å². The Bertz CT molecular complexity index is 202. The average molecular weight is 228 g/mol. The second kappa shape index (κ2) is 7.15. The molecule has 88 valence electrons. The van der Waals surface area contributed by atoms with Gasteiger partial charge in [0.1, 0.15) is 0 Å². The second-order valence-electron chi connectivity index (χ2n) is 4.64. The van der Waals surface area contributed by atoms with Crippen molar-refractivity contribution in [2.75, 3.05) is 12.3 Å². The van der Waals surface area contributed by atoms with Gasteiger partial charge in [-0.1, -0.05) is 45.4 Å². The standard InChI is InChI=1S/C12H24N2S/c1-4-11-9-15-12(14-11)13-8-6-5-7-10(2)3/h10-11H,4-9H2,1-3H3,(H,13,14). The van der Waals surface area contributed by atoms with E-state index in [1.807, 2.05) is 11.8 Å². The number of nitrogens with one attached hydrogen (secondary N) is 1. The van der Waals surface area contributed by atoms with Crippen molar-refractivity contribution in [1.29, 1.82) is 0 Å². The molecule has 0 aromatic rings. The van der Waals surface area contributed by atoms with Gasteiger partial charge in [-0.25, -0.2) is 0 Å². The van der Waals surface area contributed by atoms with Crippen LogP contribution in [0, 0.1) is 5.92 Å². The normalized spacial score (nSPS) is 23.7. The van der Waals surface area contributed by atoms with E-state index in [1.54, 1.807) is 0 Å². The lowest BCUT2D eigenvalue weighted by molar-refractivity contribution is 0.541. The van der Waals surface area contributed by atoms with E-state index in [9.17, 15) is 0 Å². The fourth-order valence-electron chi connectivity index (χ4n) is 1.59. The van der Waals surface area contributed by atoms with Gasteiger partial charge in [0, 0.05) is 18.3 Å². The Balaban J connectivity index is 2.06. The Kier molecular flexibility index (Phi) is 6.15. The maximum atomic E-state index is 4.59. The summed E-state index contributed by atoms with van der Waals surface area (Å²) in [6, 6.07) is 0.657. The van der Waals surface area contributed by atoms with E-state index in [1.165, 1.54) is 36.6 Å². The Labute approximate surface area is 98.3 Å². The molecular formula is C12H24N2S. The number of thioether (sulfide) groups is 1. The summed E-state index contributed by atoms with van der Waals surface area (Å²) < 4.78 is 0. The molecule has 1 heterocycles. The zero-order valence-electron chi connectivity index (χ0n) is 10.3. The molecule has 15 heavy (non-hydrogen) atoms. The van der Waals surface area contributed by atoms with Crippen LogP contribution in [0.2, 0.25) is 0 Å². The van der Waals surface area contributed by atoms with Crippen LogP contribution in [0.5, 0.6) is 0 Å². The molecule has 2 nitrogen and oxygen atoms in total. The van der Waals surface area contributed by atoms with Crippen LogP contribution in [0.25, 0.3) is 0 Å². The first-order chi connectivity index (χ1) is 7.22. The molecule has 0 saturated carbocycles. The van der Waals surface area contributed by atoms with Crippen LogP contribution in [-0.2, 0) is 0 Å². The van der Waals surface area contributed by atoms with Crippen molar-refractivity contribution in [2.45, 2.75) is 52.5 Å². The summed E-state index contributed by atoms with van der Waals surface area (Å²) in [6.07, 6.45) is 5.10. The van der Waals surface area contributed by atoms with Crippen LogP contribution in [0.4, 0.5) is 0 Å². The summed E-state index contributed by atoms with van der Waals surface area (Å²) in [5, 5.41) is 4.63. The van der Waals surface area contributed by atoms with Gasteiger partial charge >= 0.3 is 0 Å². The molecule has 3 heteroatoms. The molecule has 1 atom stereocenters. The Hall–Kier alpha value is -0.180. The predicted octanol–water partition coefficient (Wildman–Crippen LogP) is 3.28. The van der Waals surface area contributed by atoms with Gasteiger partial charge in [-0.05, 0) is 18.8 Å². The first kappa shape index (κ1) is 12.9. The summed E-state index contributed by atoms with van der Waals surface area (Å²) in [4.78, 5) is 4.59. The van der Waals surface area contributed by atoms with Crippen LogP contribution >= 0.6 is 11.8 Å². The molecule has 0 bridgehead atoms. The number of nitrogens with zero attached hydrogens (tertiary/aromatic N) is 1. The Morgan fingerprint density at radius 1 is 1.47 bits per heavy atom. The Morgan fingerprint density at radius 3 is 2.87 bits per heavy atom. The van der Waals surface area contributed by atoms with Crippen molar-refractivity contribution in [3.8, 4) is 0 Å². The van der Waals surface area contributed by atoms with Gasteiger partial charge in [-0.15, -0.1) is 0 Å². The second-order valence-corrected chi connectivity index (χ2v) is 5.65. The zero-order valence-corrected chi connectivity index (χ0v) is 11.1. The maximum Gasteiger partial charge on any atom is 0.156 e. The monoisotopic (exact) mass is 228 g/mol. The maximum absolute atomic E-state index is 4.59. The minimum absolute atomic E-state index is 0.657. The summed E-state index contributed by atoms with van der Waals surface area (Å²) in [5.41, 5.74) is 0. The van der Waals surface area contributed by atoms with E-state index in [4.69, 9.17) is 0 Å². The molecule has 1 unspecified atom stereocenters. The molecule has 1 fully saturated rings. The lowest BCUT2D eigenvalue weighted by Gasteiger charge is -2.05. The number of aliphatic imine (C=N–C) groups is 1. The van der Waals surface area contributed by atoms with Crippen LogP contribution < -0.4 is 5.32 Å². The molecule has 1 aliphatic rings. The summed E-state index contributed by atoms with van der Waals surface area (Å²) in [7, 11) is 0. The molecule has 0 spiro atoms. The first-order valence-electron chi connectivity index (χ1n) is 6.16. The van der Waals surface area contributed by atoms with Gasteiger partial charge < -0.3 is 5.32 Å². The molecule has 0 amide bonds. The summed E-state index contributed by atoms with van der Waals surface area (Å²) in [5.74, 6) is 2.03. The fourth-order valence-corrected chi connectivity index (χ4v) is 2.70. The van der Waals surface area contributed by atoms with Gasteiger partial charge in [0.25, 0.3) is 0 Å². The molecular weight excluding hydrogens is 204 g/mol. The highest BCUT2D eigenvalue weighted by molar-refractivity contribution is 8.14. The molecule has 1 N–H and O–H groups in total. The highest BCUT2D eigenvalue weighted by Gasteiger charge is 2.17. The topological polar surface area (TPSA) is 24.4 Å². The minimum Gasteiger partial charge on any atom is -0.361 e. The van der Waals surface area contributed by atoms with Gasteiger partial charge in [-0.2, -0.15) is 0 Å². The van der Waals surface area contributed by atoms with Crippen molar-refractivity contribution in [1.82, 2.24) is 5.32 Å². The van der Waals surface area contributed by atoms with Crippen molar-refractivity contribution >= 4 is 16.9 Å². The smallest absolute Gasteiger partial charge is 0.156 e. The van der Waals surface area contributed by atoms with Gasteiger partial charge in [0.15, 0.2) is 5.17 Å². The zero-order chi connectivity index (χ0) is 11.1. The minimum atomic E-state index is 0.657. The van der Waals surface area contributed by atoms with Crippen LogP contribution in [0.3, 0.4) is 0 Å². The van der Waals surface area contributed by atoms with E-state index in [0.717, 1.165) is 12.5 Å². The number of hydrogen-bond donors (Lipinski definition) is 1. The molecule has 1 aliphatic heterocycles. The van der Waals surface area contributed by atoms with E-state index in [2.05, 4.69) is 31.1 Å². The summed E-state index contributed by atoms with van der Waals surface area (Å²) in [6.45, 7) is 7.79. The third kappa shape index (κ3) is 5.45. The molecule has 0 radical (unpaired) electrons. The van der Waals surface area contributed by atoms with E-state index in [-0.39, 0.29) is 0 Å². The molecule has 1 rings (SSSR count). The van der Waals surface area contributed by atoms with Crippen molar-refractivity contribution in [3.63, 3.8) is 0 Å². The first-order valence-corrected chi connectivity index (χ1v) is 7.14. The largest absolute Gasteiger partial charge is 0.361 e. The highest BCUT2D eigenvalue weighted by atomic mass is 32.2. The molecule has 1 saturated heterocycles. The van der Waals surface area contributed by atoms with Crippen molar-refractivity contribution < 1.29 is 0 Å². The quantitative estimate of drug-likeness (QED) is 0.706. The predicted molar refractivity (Wildman–Crippen MR) is 70.7 cm³/mol. The van der Waals surface area contributed by atoms with Crippen molar-refractivity contribution in [2.24, 2.45) is 10.9 Å². The fraction of sp³-hybridized carbons (Fsp3) is 0.917. The lowest BCUT2D eigenvalue weighted by Crippen LogP contribution is -2.25. The van der Waals surface area contributed by atoms with Crippen LogP contribution in [-0.4, -0.2) is 23.5 Å². The molecule has 0 aromatic heterocycles. The van der Waals surface area contributed by atoms with Crippen LogP contribution in [0.1, 0.15) is 46.5 Å². The average Bonchev–Trinajstić information content (AvgIpc) is 2.65. The summed E-state index contributed by atoms with van der Waals surface area (Å²) >= 11 is 1.88. The van der Waals surface area contributed by atoms with Crippen LogP contribution in [0.15, 0.2) is 4.99 Å². The number of amidine groups is 1. The number of hydrogen-bond acceptors (Lipinski definition) is 2. The number of rotatable bonds is 6.